The van der Waals surface area contributed by atoms with Crippen molar-refractivity contribution in [2.45, 2.75) is 32.0 Å². The second kappa shape index (κ2) is 6.04. The van der Waals surface area contributed by atoms with E-state index in [2.05, 4.69) is 22.9 Å². The second-order valence-electron chi connectivity index (χ2n) is 3.58. The zero-order chi connectivity index (χ0) is 12.1. The van der Waals surface area contributed by atoms with Gasteiger partial charge in [-0.3, -0.25) is 4.79 Å². The predicted molar refractivity (Wildman–Crippen MR) is 69.3 cm³/mol. The lowest BCUT2D eigenvalue weighted by atomic mass is 10.00. The van der Waals surface area contributed by atoms with Gasteiger partial charge in [-0.2, -0.15) is 0 Å². The molecule has 1 aromatic rings. The fourth-order valence-electron chi connectivity index (χ4n) is 1.71. The van der Waals surface area contributed by atoms with Crippen LogP contribution in [0.15, 0.2) is 18.2 Å². The first-order valence-corrected chi connectivity index (χ1v) is 6.42. The van der Waals surface area contributed by atoms with Crippen molar-refractivity contribution in [1.29, 1.82) is 0 Å². The van der Waals surface area contributed by atoms with Gasteiger partial charge in [0.25, 0.3) is 0 Å². The SMILES string of the molecule is CCOc1cccc(C(Br)C(C)=O)c1CC. The minimum atomic E-state index is -0.233. The van der Waals surface area contributed by atoms with Crippen molar-refractivity contribution in [2.24, 2.45) is 0 Å². The standard InChI is InChI=1S/C13H17BrO2/c1-4-10-11(13(14)9(3)15)7-6-8-12(10)16-5-2/h6-8,13H,4-5H2,1-3H3. The molecule has 0 aliphatic carbocycles. The van der Waals surface area contributed by atoms with E-state index in [1.54, 1.807) is 6.92 Å². The summed E-state index contributed by atoms with van der Waals surface area (Å²) >= 11 is 3.42. The molecule has 0 saturated heterocycles. The highest BCUT2D eigenvalue weighted by atomic mass is 79.9. The van der Waals surface area contributed by atoms with Gasteiger partial charge in [0.1, 0.15) is 11.5 Å². The molecule has 2 nitrogen and oxygen atoms in total. The summed E-state index contributed by atoms with van der Waals surface area (Å²) in [4.78, 5) is 11.2. The van der Waals surface area contributed by atoms with E-state index >= 15 is 0 Å². The maximum Gasteiger partial charge on any atom is 0.147 e. The van der Waals surface area contributed by atoms with Crippen molar-refractivity contribution in [2.75, 3.05) is 6.61 Å². The third kappa shape index (κ3) is 2.85. The zero-order valence-corrected chi connectivity index (χ0v) is 11.5. The van der Waals surface area contributed by atoms with E-state index in [0.29, 0.717) is 6.61 Å². The van der Waals surface area contributed by atoms with Gasteiger partial charge in [0.15, 0.2) is 0 Å². The highest BCUT2D eigenvalue weighted by Gasteiger charge is 2.18. The molecule has 3 heteroatoms. The summed E-state index contributed by atoms with van der Waals surface area (Å²) in [6.45, 7) is 6.26. The number of halogens is 1. The van der Waals surface area contributed by atoms with Gasteiger partial charge in [0.05, 0.1) is 11.4 Å². The molecule has 0 spiro atoms. The van der Waals surface area contributed by atoms with Gasteiger partial charge in [0.2, 0.25) is 0 Å². The Morgan fingerprint density at radius 1 is 1.44 bits per heavy atom. The van der Waals surface area contributed by atoms with E-state index in [1.165, 1.54) is 0 Å². The average Bonchev–Trinajstić information content (AvgIpc) is 2.28. The van der Waals surface area contributed by atoms with Crippen molar-refractivity contribution >= 4 is 21.7 Å². The highest BCUT2D eigenvalue weighted by Crippen LogP contribution is 2.32. The third-order valence-corrected chi connectivity index (χ3v) is 3.59. The molecule has 0 bridgehead atoms. The van der Waals surface area contributed by atoms with Gasteiger partial charge in [-0.15, -0.1) is 0 Å². The van der Waals surface area contributed by atoms with Gasteiger partial charge in [-0.25, -0.2) is 0 Å². The van der Waals surface area contributed by atoms with E-state index < -0.39 is 0 Å². The van der Waals surface area contributed by atoms with Crippen LogP contribution in [0, 0.1) is 0 Å². The van der Waals surface area contributed by atoms with Gasteiger partial charge >= 0.3 is 0 Å². The Balaban J connectivity index is 3.17. The van der Waals surface area contributed by atoms with Crippen molar-refractivity contribution in [3.8, 4) is 5.75 Å². The fraction of sp³-hybridized carbons (Fsp3) is 0.462. The number of Topliss-reactive ketones (excluding diaryl/α,β-unsaturated/α-hetero) is 1. The molecule has 0 fully saturated rings. The van der Waals surface area contributed by atoms with Crippen LogP contribution in [-0.4, -0.2) is 12.4 Å². The number of hydrogen-bond acceptors (Lipinski definition) is 2. The summed E-state index contributed by atoms with van der Waals surface area (Å²) in [5.41, 5.74) is 2.13. The smallest absolute Gasteiger partial charge is 0.147 e. The molecule has 0 amide bonds. The summed E-state index contributed by atoms with van der Waals surface area (Å²) in [6, 6.07) is 5.85. The molecule has 0 saturated carbocycles. The molecule has 0 aromatic heterocycles. The molecule has 1 atom stereocenters. The van der Waals surface area contributed by atoms with E-state index in [1.807, 2.05) is 25.1 Å². The lowest BCUT2D eigenvalue weighted by Crippen LogP contribution is -2.06. The van der Waals surface area contributed by atoms with E-state index in [4.69, 9.17) is 4.74 Å². The molecule has 0 N–H and O–H groups in total. The van der Waals surface area contributed by atoms with Crippen LogP contribution in [0.25, 0.3) is 0 Å². The van der Waals surface area contributed by atoms with E-state index in [0.717, 1.165) is 23.3 Å². The monoisotopic (exact) mass is 284 g/mol. The van der Waals surface area contributed by atoms with Crippen LogP contribution < -0.4 is 4.74 Å². The van der Waals surface area contributed by atoms with Gasteiger partial charge in [-0.05, 0) is 37.5 Å². The zero-order valence-electron chi connectivity index (χ0n) is 9.92. The first kappa shape index (κ1) is 13.2. The molecule has 1 aromatic carbocycles. The number of ketones is 1. The molecular weight excluding hydrogens is 268 g/mol. The van der Waals surface area contributed by atoms with E-state index in [9.17, 15) is 4.79 Å². The molecule has 0 radical (unpaired) electrons. The Bertz CT molecular complexity index is 374. The minimum Gasteiger partial charge on any atom is -0.494 e. The Kier molecular flexibility index (Phi) is 5.00. The normalized spacial score (nSPS) is 12.2. The van der Waals surface area contributed by atoms with Crippen LogP contribution in [0.2, 0.25) is 0 Å². The van der Waals surface area contributed by atoms with Crippen LogP contribution in [0.1, 0.15) is 36.7 Å². The minimum absolute atomic E-state index is 0.114. The lowest BCUT2D eigenvalue weighted by Gasteiger charge is -2.16. The van der Waals surface area contributed by atoms with Crippen molar-refractivity contribution in [1.82, 2.24) is 0 Å². The molecule has 16 heavy (non-hydrogen) atoms. The average molecular weight is 285 g/mol. The van der Waals surface area contributed by atoms with Crippen molar-refractivity contribution < 1.29 is 9.53 Å². The van der Waals surface area contributed by atoms with Gasteiger partial charge in [0, 0.05) is 0 Å². The third-order valence-electron chi connectivity index (χ3n) is 2.45. The summed E-state index contributed by atoms with van der Waals surface area (Å²) in [5, 5.41) is 0. The Hall–Kier alpha value is -0.830. The molecule has 1 unspecified atom stereocenters. The first-order valence-electron chi connectivity index (χ1n) is 5.50. The maximum absolute atomic E-state index is 11.4. The van der Waals surface area contributed by atoms with Crippen LogP contribution in [0.5, 0.6) is 5.75 Å². The Labute approximate surface area is 105 Å². The van der Waals surface area contributed by atoms with Crippen LogP contribution in [-0.2, 0) is 11.2 Å². The van der Waals surface area contributed by atoms with Crippen LogP contribution >= 0.6 is 15.9 Å². The number of ether oxygens (including phenoxy) is 1. The number of benzene rings is 1. The number of hydrogen-bond donors (Lipinski definition) is 0. The van der Waals surface area contributed by atoms with Gasteiger partial charge < -0.3 is 4.74 Å². The Morgan fingerprint density at radius 3 is 2.62 bits per heavy atom. The number of carbonyl (C=O) groups excluding carboxylic acids is 1. The molecule has 0 heterocycles. The molecular formula is C13H17BrO2. The van der Waals surface area contributed by atoms with Crippen molar-refractivity contribution in [3.05, 3.63) is 29.3 Å². The van der Waals surface area contributed by atoms with Crippen LogP contribution in [0.3, 0.4) is 0 Å². The topological polar surface area (TPSA) is 26.3 Å². The largest absolute Gasteiger partial charge is 0.494 e. The second-order valence-corrected chi connectivity index (χ2v) is 4.50. The quantitative estimate of drug-likeness (QED) is 0.771. The molecule has 0 aliphatic heterocycles. The highest BCUT2D eigenvalue weighted by molar-refractivity contribution is 9.09. The predicted octanol–water partition coefficient (Wildman–Crippen LogP) is 3.67. The summed E-state index contributed by atoms with van der Waals surface area (Å²) in [6.07, 6.45) is 0.862. The number of rotatable bonds is 5. The van der Waals surface area contributed by atoms with Crippen molar-refractivity contribution in [3.63, 3.8) is 0 Å². The van der Waals surface area contributed by atoms with E-state index in [-0.39, 0.29) is 10.6 Å². The maximum atomic E-state index is 11.4. The first-order chi connectivity index (χ1) is 7.61. The summed E-state index contributed by atoms with van der Waals surface area (Å²) in [7, 11) is 0. The number of alkyl halides is 1. The summed E-state index contributed by atoms with van der Waals surface area (Å²) in [5.74, 6) is 0.997. The molecule has 0 aliphatic rings. The number of carbonyl (C=O) groups is 1. The fourth-order valence-corrected chi connectivity index (χ4v) is 2.14. The molecule has 88 valence electrons. The molecule has 1 rings (SSSR count). The lowest BCUT2D eigenvalue weighted by molar-refractivity contribution is -0.116. The van der Waals surface area contributed by atoms with Gasteiger partial charge in [-0.1, -0.05) is 35.0 Å². The van der Waals surface area contributed by atoms with Crippen LogP contribution in [0.4, 0.5) is 0 Å². The Morgan fingerprint density at radius 2 is 2.12 bits per heavy atom. The summed E-state index contributed by atoms with van der Waals surface area (Å²) < 4.78 is 5.57.